The van der Waals surface area contributed by atoms with Crippen molar-refractivity contribution >= 4 is 18.0 Å². The molecule has 2 atom stereocenters. The highest BCUT2D eigenvalue weighted by atomic mass is 16.6. The summed E-state index contributed by atoms with van der Waals surface area (Å²) < 4.78 is 4.94. The van der Waals surface area contributed by atoms with E-state index in [-0.39, 0.29) is 0 Å². The molecular weight excluding hydrogens is 256 g/mol. The van der Waals surface area contributed by atoms with Crippen molar-refractivity contribution in [1.82, 2.24) is 10.6 Å². The van der Waals surface area contributed by atoms with E-state index >= 15 is 0 Å². The number of nitrogens with one attached hydrogen (secondary N) is 2. The molecule has 0 aromatic heterocycles. The molecule has 0 aliphatic rings. The van der Waals surface area contributed by atoms with E-state index in [2.05, 4.69) is 10.6 Å². The summed E-state index contributed by atoms with van der Waals surface area (Å²) in [5.41, 5.74) is -0.745. The molecule has 0 aliphatic carbocycles. The van der Waals surface area contributed by atoms with Crippen LogP contribution in [0.25, 0.3) is 0 Å². The van der Waals surface area contributed by atoms with Gasteiger partial charge in [0.25, 0.3) is 0 Å². The minimum Gasteiger partial charge on any atom is -0.480 e. The fourth-order valence-electron chi connectivity index (χ4n) is 1.11. The first kappa shape index (κ1) is 17.2. The molecule has 0 aromatic carbocycles. The van der Waals surface area contributed by atoms with Crippen molar-refractivity contribution in [2.45, 2.75) is 45.4 Å². The molecule has 0 aliphatic heterocycles. The molecule has 2 amide bonds. The molecule has 0 unspecified atom stereocenters. The van der Waals surface area contributed by atoms with Crippen LogP contribution in [-0.2, 0) is 14.3 Å². The second-order valence-electron chi connectivity index (χ2n) is 4.98. The summed E-state index contributed by atoms with van der Waals surface area (Å²) in [6.45, 7) is 5.64. The Labute approximate surface area is 111 Å². The van der Waals surface area contributed by atoms with Crippen molar-refractivity contribution in [2.24, 2.45) is 0 Å². The molecule has 0 saturated carbocycles. The van der Waals surface area contributed by atoms with Crippen molar-refractivity contribution in [2.75, 3.05) is 6.54 Å². The van der Waals surface area contributed by atoms with E-state index in [0.29, 0.717) is 0 Å². The molecule has 0 saturated heterocycles. The van der Waals surface area contributed by atoms with Gasteiger partial charge >= 0.3 is 12.1 Å². The van der Waals surface area contributed by atoms with Crippen molar-refractivity contribution in [3.05, 3.63) is 0 Å². The number of hydrogen-bond acceptors (Lipinski definition) is 5. The molecule has 0 aromatic rings. The topological polar surface area (TPSA) is 125 Å². The predicted molar refractivity (Wildman–Crippen MR) is 65.5 cm³/mol. The van der Waals surface area contributed by atoms with Gasteiger partial charge in [0.15, 0.2) is 0 Å². The maximum absolute atomic E-state index is 11.6. The molecule has 19 heavy (non-hydrogen) atoms. The van der Waals surface area contributed by atoms with Crippen LogP contribution in [0.1, 0.15) is 27.7 Å². The second kappa shape index (κ2) is 6.93. The summed E-state index contributed by atoms with van der Waals surface area (Å²) >= 11 is 0. The first-order valence-corrected chi connectivity index (χ1v) is 5.70. The molecule has 0 spiro atoms. The number of rotatable bonds is 5. The molecule has 0 rings (SSSR count). The van der Waals surface area contributed by atoms with Crippen LogP contribution in [0.3, 0.4) is 0 Å². The molecule has 8 nitrogen and oxygen atoms in total. The number of carboxylic acid groups (broad SMARTS) is 1. The highest BCUT2D eigenvalue weighted by Crippen LogP contribution is 2.07. The van der Waals surface area contributed by atoms with E-state index in [1.54, 1.807) is 20.8 Å². The first-order chi connectivity index (χ1) is 8.53. The van der Waals surface area contributed by atoms with Gasteiger partial charge in [-0.1, -0.05) is 0 Å². The first-order valence-electron chi connectivity index (χ1n) is 5.70. The normalized spacial score (nSPS) is 14.2. The highest BCUT2D eigenvalue weighted by molar-refractivity contribution is 5.88. The Morgan fingerprint density at radius 1 is 1.26 bits per heavy atom. The molecular formula is C11H20N2O6. The summed E-state index contributed by atoms with van der Waals surface area (Å²) in [5.74, 6) is -2.03. The van der Waals surface area contributed by atoms with E-state index in [0.717, 1.165) is 0 Å². The maximum atomic E-state index is 11.6. The second-order valence-corrected chi connectivity index (χ2v) is 4.98. The average Bonchev–Trinajstić information content (AvgIpc) is 2.19. The molecule has 4 N–H and O–H groups in total. The fourth-order valence-corrected chi connectivity index (χ4v) is 1.11. The van der Waals surface area contributed by atoms with Crippen LogP contribution in [0.2, 0.25) is 0 Å². The molecule has 8 heteroatoms. The average molecular weight is 276 g/mol. The molecule has 110 valence electrons. The number of aliphatic hydroxyl groups excluding tert-OH is 1. The van der Waals surface area contributed by atoms with Crippen LogP contribution in [-0.4, -0.2) is 52.5 Å². The van der Waals surface area contributed by atoms with Gasteiger partial charge < -0.3 is 25.6 Å². The van der Waals surface area contributed by atoms with Crippen LogP contribution in [0.4, 0.5) is 4.79 Å². The van der Waals surface area contributed by atoms with Gasteiger partial charge in [-0.25, -0.2) is 4.79 Å². The lowest BCUT2D eigenvalue weighted by Gasteiger charge is -2.24. The Hall–Kier alpha value is -1.83. The number of carbonyl (C=O) groups excluding carboxylic acids is 2. The van der Waals surface area contributed by atoms with Crippen molar-refractivity contribution in [3.8, 4) is 0 Å². The highest BCUT2D eigenvalue weighted by Gasteiger charge is 2.28. The summed E-state index contributed by atoms with van der Waals surface area (Å²) in [6.07, 6.45) is -2.06. The SMILES string of the molecule is C[C@@H](O)[C@H](NC(=O)OC(C)(C)C)C(=O)NCC(=O)O. The summed E-state index contributed by atoms with van der Waals surface area (Å²) in [4.78, 5) is 33.4. The standard InChI is InChI=1S/C11H20N2O6/c1-6(14)8(9(17)12-5-7(15)16)13-10(18)19-11(2,3)4/h6,8,14H,5H2,1-4H3,(H,12,17)(H,13,18)(H,15,16)/t6-,8+/m1/s1. The van der Waals surface area contributed by atoms with Gasteiger partial charge in [0.2, 0.25) is 5.91 Å². The van der Waals surface area contributed by atoms with E-state index < -0.39 is 42.3 Å². The Balaban J connectivity index is 4.53. The molecule has 0 radical (unpaired) electrons. The monoisotopic (exact) mass is 276 g/mol. The van der Waals surface area contributed by atoms with E-state index in [4.69, 9.17) is 9.84 Å². The van der Waals surface area contributed by atoms with Crippen LogP contribution in [0.5, 0.6) is 0 Å². The number of ether oxygens (including phenoxy) is 1. The number of hydrogen-bond donors (Lipinski definition) is 4. The van der Waals surface area contributed by atoms with Gasteiger partial charge in [0.05, 0.1) is 6.10 Å². The van der Waals surface area contributed by atoms with E-state index in [1.807, 2.05) is 0 Å². The number of alkyl carbamates (subject to hydrolysis) is 1. The van der Waals surface area contributed by atoms with Crippen molar-refractivity contribution < 1.29 is 29.3 Å². The lowest BCUT2D eigenvalue weighted by molar-refractivity contribution is -0.138. The van der Waals surface area contributed by atoms with Gasteiger partial charge in [-0.15, -0.1) is 0 Å². The minimum atomic E-state index is -1.28. The number of aliphatic hydroxyl groups is 1. The molecule has 0 heterocycles. The summed E-state index contributed by atoms with van der Waals surface area (Å²) in [6, 6.07) is -1.28. The van der Waals surface area contributed by atoms with Gasteiger partial charge in [0.1, 0.15) is 18.2 Å². The maximum Gasteiger partial charge on any atom is 0.408 e. The number of amides is 2. The van der Waals surface area contributed by atoms with E-state index in [9.17, 15) is 19.5 Å². The Morgan fingerprint density at radius 3 is 2.16 bits per heavy atom. The van der Waals surface area contributed by atoms with Crippen molar-refractivity contribution in [3.63, 3.8) is 0 Å². The molecule has 0 fully saturated rings. The quantitative estimate of drug-likeness (QED) is 0.534. The zero-order valence-electron chi connectivity index (χ0n) is 11.4. The predicted octanol–water partition coefficient (Wildman–Crippen LogP) is -0.539. The molecule has 0 bridgehead atoms. The number of aliphatic carboxylic acids is 1. The Kier molecular flexibility index (Phi) is 6.26. The summed E-state index contributed by atoms with van der Waals surface area (Å²) in [7, 11) is 0. The number of carboxylic acids is 1. The van der Waals surface area contributed by atoms with Gasteiger partial charge in [0, 0.05) is 0 Å². The zero-order valence-corrected chi connectivity index (χ0v) is 11.4. The Bertz CT molecular complexity index is 348. The van der Waals surface area contributed by atoms with Crippen molar-refractivity contribution in [1.29, 1.82) is 0 Å². The van der Waals surface area contributed by atoms with Crippen LogP contribution >= 0.6 is 0 Å². The van der Waals surface area contributed by atoms with Gasteiger partial charge in [-0.3, -0.25) is 9.59 Å². The van der Waals surface area contributed by atoms with Gasteiger partial charge in [-0.05, 0) is 27.7 Å². The Morgan fingerprint density at radius 2 is 1.79 bits per heavy atom. The number of carbonyl (C=O) groups is 3. The minimum absolute atomic E-state index is 0.599. The van der Waals surface area contributed by atoms with Crippen LogP contribution < -0.4 is 10.6 Å². The lowest BCUT2D eigenvalue weighted by Crippen LogP contribution is -2.54. The van der Waals surface area contributed by atoms with Crippen LogP contribution in [0, 0.1) is 0 Å². The third kappa shape index (κ3) is 7.98. The lowest BCUT2D eigenvalue weighted by atomic mass is 10.1. The third-order valence-corrected chi connectivity index (χ3v) is 1.85. The smallest absolute Gasteiger partial charge is 0.408 e. The third-order valence-electron chi connectivity index (χ3n) is 1.85. The van der Waals surface area contributed by atoms with E-state index in [1.165, 1.54) is 6.92 Å². The largest absolute Gasteiger partial charge is 0.480 e. The summed E-state index contributed by atoms with van der Waals surface area (Å²) in [5, 5.41) is 22.1. The zero-order chi connectivity index (χ0) is 15.2. The van der Waals surface area contributed by atoms with Gasteiger partial charge in [-0.2, -0.15) is 0 Å². The van der Waals surface area contributed by atoms with Crippen LogP contribution in [0.15, 0.2) is 0 Å². The fraction of sp³-hybridized carbons (Fsp3) is 0.727.